The van der Waals surface area contributed by atoms with Gasteiger partial charge >= 0.3 is 0 Å². The van der Waals surface area contributed by atoms with E-state index in [1.807, 2.05) is 99.7 Å². The molecule has 0 bridgehead atoms. The molecule has 1 saturated heterocycles. The van der Waals surface area contributed by atoms with E-state index in [4.69, 9.17) is 4.74 Å². The van der Waals surface area contributed by atoms with Crippen LogP contribution in [0.4, 0.5) is 5.82 Å². The Hall–Kier alpha value is -2.43. The molecule has 1 spiro atoms. The highest BCUT2D eigenvalue weighted by Crippen LogP contribution is 2.39. The third kappa shape index (κ3) is 7.32. The molecule has 0 saturated carbocycles. The van der Waals surface area contributed by atoms with Gasteiger partial charge in [0.15, 0.2) is 5.78 Å². The molecule has 32 heavy (non-hydrogen) atoms. The lowest BCUT2D eigenvalue weighted by atomic mass is 9.82. The molecule has 2 aliphatic rings. The number of ether oxygens (including phenoxy) is 1. The quantitative estimate of drug-likeness (QED) is 0.466. The number of aromatic nitrogens is 2. The van der Waals surface area contributed by atoms with Crippen molar-refractivity contribution in [2.75, 3.05) is 18.0 Å². The average Bonchev–Trinajstić information content (AvgIpc) is 2.86. The second kappa shape index (κ2) is 15.4. The molecule has 4 rings (SSSR count). The molecule has 0 radical (unpaired) electrons. The molecule has 1 fully saturated rings. The van der Waals surface area contributed by atoms with Crippen LogP contribution >= 0.6 is 0 Å². The highest BCUT2D eigenvalue weighted by atomic mass is 16.5. The number of aryl methyl sites for hydroxylation is 2. The molecule has 5 nitrogen and oxygen atoms in total. The Bertz CT molecular complexity index is 797. The molecule has 5 heteroatoms. The van der Waals surface area contributed by atoms with Crippen LogP contribution in [0, 0.1) is 13.8 Å². The summed E-state index contributed by atoms with van der Waals surface area (Å²) in [6, 6.07) is 7.57. The van der Waals surface area contributed by atoms with E-state index in [0.717, 1.165) is 48.9 Å². The molecule has 0 amide bonds. The van der Waals surface area contributed by atoms with Gasteiger partial charge in [-0.3, -0.25) is 4.79 Å². The summed E-state index contributed by atoms with van der Waals surface area (Å²) >= 11 is 0. The van der Waals surface area contributed by atoms with Gasteiger partial charge in [0, 0.05) is 37.7 Å². The predicted molar refractivity (Wildman–Crippen MR) is 137 cm³/mol. The third-order valence-corrected chi connectivity index (χ3v) is 5.04. The molecule has 2 aliphatic heterocycles. The molecule has 180 valence electrons. The molecule has 2 aromatic rings. The summed E-state index contributed by atoms with van der Waals surface area (Å²) in [5.74, 6) is 2.71. The zero-order chi connectivity index (χ0) is 24.7. The minimum absolute atomic E-state index is 0.194. The first-order chi connectivity index (χ1) is 15.6. The zero-order valence-corrected chi connectivity index (χ0v) is 22.1. The van der Waals surface area contributed by atoms with E-state index in [0.29, 0.717) is 12.0 Å². The Morgan fingerprint density at radius 1 is 0.906 bits per heavy atom. The van der Waals surface area contributed by atoms with E-state index in [-0.39, 0.29) is 11.4 Å². The van der Waals surface area contributed by atoms with Gasteiger partial charge in [-0.2, -0.15) is 0 Å². The lowest BCUT2D eigenvalue weighted by molar-refractivity contribution is 0.0231. The highest BCUT2D eigenvalue weighted by molar-refractivity contribution is 6.00. The summed E-state index contributed by atoms with van der Waals surface area (Å²) < 4.78 is 6.29. The van der Waals surface area contributed by atoms with Crippen molar-refractivity contribution in [2.24, 2.45) is 0 Å². The van der Waals surface area contributed by atoms with Gasteiger partial charge in [-0.1, -0.05) is 67.5 Å². The van der Waals surface area contributed by atoms with E-state index in [1.54, 1.807) is 0 Å². The summed E-state index contributed by atoms with van der Waals surface area (Å²) in [5.41, 5.74) is 1.44. The number of Topliss-reactive ketones (excluding diaryl/α,β-unsaturated/α-hetero) is 1. The van der Waals surface area contributed by atoms with Gasteiger partial charge in [-0.05, 0) is 26.0 Å². The number of carbonyl (C=O) groups excluding carboxylic acids is 1. The minimum Gasteiger partial charge on any atom is -0.486 e. The van der Waals surface area contributed by atoms with Crippen LogP contribution in [0.2, 0.25) is 0 Å². The van der Waals surface area contributed by atoms with Gasteiger partial charge in [0.05, 0.1) is 12.0 Å². The molecule has 3 heterocycles. The summed E-state index contributed by atoms with van der Waals surface area (Å²) in [6.07, 6.45) is 4.00. The number of hydrogen-bond donors (Lipinski definition) is 0. The van der Waals surface area contributed by atoms with E-state index in [2.05, 4.69) is 14.9 Å². The molecule has 0 unspecified atom stereocenters. The van der Waals surface area contributed by atoms with Crippen molar-refractivity contribution in [1.82, 2.24) is 9.97 Å². The Labute approximate surface area is 196 Å². The number of fused-ring (bicyclic) bond motifs is 1. The van der Waals surface area contributed by atoms with Crippen LogP contribution in [0.3, 0.4) is 0 Å². The Morgan fingerprint density at radius 3 is 2.06 bits per heavy atom. The van der Waals surface area contributed by atoms with Crippen LogP contribution in [-0.4, -0.2) is 34.4 Å². The van der Waals surface area contributed by atoms with Crippen LogP contribution in [0.5, 0.6) is 5.75 Å². The summed E-state index contributed by atoms with van der Waals surface area (Å²) in [4.78, 5) is 23.6. The minimum atomic E-state index is -0.363. The maximum atomic E-state index is 12.5. The first-order valence-corrected chi connectivity index (χ1v) is 12.4. The van der Waals surface area contributed by atoms with Crippen LogP contribution in [-0.2, 0) is 0 Å². The Balaban J connectivity index is 0.00000109. The Morgan fingerprint density at radius 2 is 1.47 bits per heavy atom. The lowest BCUT2D eigenvalue weighted by Crippen LogP contribution is -2.51. The first kappa shape index (κ1) is 29.6. The predicted octanol–water partition coefficient (Wildman–Crippen LogP) is 7.20. The molecular weight excluding hydrogens is 398 g/mol. The van der Waals surface area contributed by atoms with Crippen molar-refractivity contribution < 1.29 is 9.53 Å². The maximum Gasteiger partial charge on any atom is 0.170 e. The van der Waals surface area contributed by atoms with Crippen molar-refractivity contribution in [3.63, 3.8) is 0 Å². The maximum absolute atomic E-state index is 12.5. The van der Waals surface area contributed by atoms with Crippen LogP contribution in [0.15, 0.2) is 30.5 Å². The number of piperidine rings is 1. The lowest BCUT2D eigenvalue weighted by Gasteiger charge is -2.44. The van der Waals surface area contributed by atoms with Crippen molar-refractivity contribution in [2.45, 2.75) is 94.1 Å². The fourth-order valence-corrected chi connectivity index (χ4v) is 3.69. The molecule has 1 aromatic carbocycles. The standard InChI is InChI=1S/C19H21N3O2.4C2H6/c1-13-12-20-14(2)21-18(13)22-9-7-19(8-10-22)11-16(23)15-5-3-4-6-17(15)24-19;4*1-2/h3-6,12H,7-11H2,1-2H3;4*1-2H3. The number of anilines is 1. The van der Waals surface area contributed by atoms with Crippen LogP contribution < -0.4 is 9.64 Å². The second-order valence-electron chi connectivity index (χ2n) is 6.79. The largest absolute Gasteiger partial charge is 0.486 e. The van der Waals surface area contributed by atoms with Gasteiger partial charge < -0.3 is 9.64 Å². The summed E-state index contributed by atoms with van der Waals surface area (Å²) in [6.45, 7) is 21.6. The summed E-state index contributed by atoms with van der Waals surface area (Å²) in [5, 5.41) is 0. The average molecular weight is 444 g/mol. The van der Waals surface area contributed by atoms with Crippen LogP contribution in [0.1, 0.15) is 96.4 Å². The van der Waals surface area contributed by atoms with Gasteiger partial charge in [0.2, 0.25) is 0 Å². The monoisotopic (exact) mass is 443 g/mol. The summed E-state index contributed by atoms with van der Waals surface area (Å²) in [7, 11) is 0. The number of rotatable bonds is 1. The first-order valence-electron chi connectivity index (χ1n) is 12.4. The van der Waals surface area contributed by atoms with E-state index in [9.17, 15) is 4.79 Å². The molecule has 0 aliphatic carbocycles. The zero-order valence-electron chi connectivity index (χ0n) is 22.1. The van der Waals surface area contributed by atoms with Crippen LogP contribution in [0.25, 0.3) is 0 Å². The number of nitrogens with zero attached hydrogens (tertiary/aromatic N) is 3. The van der Waals surface area contributed by atoms with Crippen molar-refractivity contribution in [1.29, 1.82) is 0 Å². The van der Waals surface area contributed by atoms with Gasteiger partial charge in [0.25, 0.3) is 0 Å². The van der Waals surface area contributed by atoms with E-state index >= 15 is 0 Å². The number of carbonyl (C=O) groups is 1. The molecule has 0 atom stereocenters. The van der Waals surface area contributed by atoms with Gasteiger partial charge in [-0.15, -0.1) is 0 Å². The van der Waals surface area contributed by atoms with Crippen molar-refractivity contribution in [3.8, 4) is 5.75 Å². The fourth-order valence-electron chi connectivity index (χ4n) is 3.69. The third-order valence-electron chi connectivity index (χ3n) is 5.04. The second-order valence-corrected chi connectivity index (χ2v) is 6.79. The highest BCUT2D eigenvalue weighted by Gasteiger charge is 2.43. The van der Waals surface area contributed by atoms with E-state index in [1.165, 1.54) is 0 Å². The number of hydrogen-bond acceptors (Lipinski definition) is 5. The molecular formula is C27H45N3O2. The van der Waals surface area contributed by atoms with Crippen molar-refractivity contribution >= 4 is 11.6 Å². The van der Waals surface area contributed by atoms with Gasteiger partial charge in [-0.25, -0.2) is 9.97 Å². The molecule has 0 N–H and O–H groups in total. The molecule has 1 aromatic heterocycles. The van der Waals surface area contributed by atoms with E-state index < -0.39 is 0 Å². The van der Waals surface area contributed by atoms with Gasteiger partial charge in [0.1, 0.15) is 23.0 Å². The normalized spacial score (nSPS) is 15.1. The topological polar surface area (TPSA) is 55.3 Å². The number of ketones is 1. The number of benzene rings is 1. The SMILES string of the molecule is CC.CC.CC.CC.Cc1ncc(C)c(N2CCC3(CC2)CC(=O)c2ccccc2O3)n1. The number of para-hydroxylation sites is 1. The van der Waals surface area contributed by atoms with Crippen molar-refractivity contribution in [3.05, 3.63) is 47.4 Å². The Kier molecular flexibility index (Phi) is 14.2. The smallest absolute Gasteiger partial charge is 0.170 e. The fraction of sp³-hybridized carbons (Fsp3) is 0.593.